The molecule has 0 spiro atoms. The van der Waals surface area contributed by atoms with Gasteiger partial charge in [0.1, 0.15) is 11.5 Å². The Morgan fingerprint density at radius 2 is 1.81 bits per heavy atom. The van der Waals surface area contributed by atoms with Gasteiger partial charge in [0.15, 0.2) is 0 Å². The number of primary amides is 1. The van der Waals surface area contributed by atoms with Gasteiger partial charge in [0.2, 0.25) is 0 Å². The molecule has 7 heteroatoms. The van der Waals surface area contributed by atoms with E-state index >= 15 is 0 Å². The molecule has 1 amide bonds. The van der Waals surface area contributed by atoms with Crippen LogP contribution >= 0.6 is 0 Å². The predicted octanol–water partition coefficient (Wildman–Crippen LogP) is 3.18. The maximum atomic E-state index is 12.6. The third kappa shape index (κ3) is 3.44. The second kappa shape index (κ2) is 5.35. The normalized spacial score (nSPS) is 11.2. The highest BCUT2D eigenvalue weighted by Crippen LogP contribution is 2.33. The zero-order valence-electron chi connectivity index (χ0n) is 10.6. The lowest BCUT2D eigenvalue weighted by atomic mass is 10.1. The largest absolute Gasteiger partial charge is 0.457 e. The van der Waals surface area contributed by atoms with Crippen molar-refractivity contribution in [3.8, 4) is 11.5 Å². The van der Waals surface area contributed by atoms with Crippen LogP contribution in [0.1, 0.15) is 15.9 Å². The second-order valence-electron chi connectivity index (χ2n) is 4.25. The molecule has 110 valence electrons. The first-order valence-electron chi connectivity index (χ1n) is 5.82. The van der Waals surface area contributed by atoms with Gasteiger partial charge in [-0.1, -0.05) is 6.07 Å². The number of ether oxygens (including phenoxy) is 1. The highest BCUT2D eigenvalue weighted by molar-refractivity contribution is 5.96. The Kier molecular flexibility index (Phi) is 3.75. The van der Waals surface area contributed by atoms with Gasteiger partial charge in [-0.05, 0) is 36.4 Å². The second-order valence-corrected chi connectivity index (χ2v) is 4.25. The summed E-state index contributed by atoms with van der Waals surface area (Å²) in [6, 6.07) is 8.43. The van der Waals surface area contributed by atoms with Crippen LogP contribution < -0.4 is 16.2 Å². The van der Waals surface area contributed by atoms with Crippen molar-refractivity contribution in [2.24, 2.45) is 5.73 Å². The number of benzene rings is 2. The summed E-state index contributed by atoms with van der Waals surface area (Å²) >= 11 is 0. The molecule has 0 radical (unpaired) electrons. The number of hydrogen-bond acceptors (Lipinski definition) is 3. The van der Waals surface area contributed by atoms with Crippen molar-refractivity contribution in [2.45, 2.75) is 6.18 Å². The number of halogens is 3. The van der Waals surface area contributed by atoms with Crippen LogP contribution in [0.15, 0.2) is 42.5 Å². The molecule has 0 aliphatic rings. The molecule has 21 heavy (non-hydrogen) atoms. The smallest absolute Gasteiger partial charge is 0.416 e. The summed E-state index contributed by atoms with van der Waals surface area (Å²) in [4.78, 5) is 11.3. The van der Waals surface area contributed by atoms with Crippen LogP contribution in [0.25, 0.3) is 0 Å². The maximum absolute atomic E-state index is 12.6. The Bertz CT molecular complexity index is 684. The van der Waals surface area contributed by atoms with Gasteiger partial charge in [-0.25, -0.2) is 0 Å². The third-order valence-electron chi connectivity index (χ3n) is 2.66. The quantitative estimate of drug-likeness (QED) is 0.854. The molecule has 4 nitrogen and oxygen atoms in total. The Balaban J connectivity index is 2.37. The molecule has 2 rings (SSSR count). The molecule has 0 saturated heterocycles. The minimum atomic E-state index is -4.48. The van der Waals surface area contributed by atoms with Crippen molar-refractivity contribution < 1.29 is 22.7 Å². The van der Waals surface area contributed by atoms with Crippen LogP contribution in [-0.2, 0) is 6.18 Å². The van der Waals surface area contributed by atoms with Gasteiger partial charge >= 0.3 is 6.18 Å². The number of anilines is 1. The Labute approximate surface area is 118 Å². The van der Waals surface area contributed by atoms with Crippen LogP contribution in [0.3, 0.4) is 0 Å². The standard InChI is InChI=1S/C14H11F3N2O2/c15-14(16,17)8-2-1-3-10(6-8)21-12-5-4-9(18)7-11(12)13(19)20/h1-7H,18H2,(H2,19,20). The van der Waals surface area contributed by atoms with E-state index in [0.717, 1.165) is 12.1 Å². The maximum Gasteiger partial charge on any atom is 0.416 e. The molecule has 0 heterocycles. The number of amides is 1. The molecular weight excluding hydrogens is 285 g/mol. The predicted molar refractivity (Wildman–Crippen MR) is 70.9 cm³/mol. The van der Waals surface area contributed by atoms with E-state index in [1.54, 1.807) is 0 Å². The van der Waals surface area contributed by atoms with Crippen molar-refractivity contribution in [3.63, 3.8) is 0 Å². The van der Waals surface area contributed by atoms with Crippen molar-refractivity contribution in [1.29, 1.82) is 0 Å². The van der Waals surface area contributed by atoms with E-state index in [4.69, 9.17) is 16.2 Å². The van der Waals surface area contributed by atoms with E-state index in [2.05, 4.69) is 0 Å². The van der Waals surface area contributed by atoms with Gasteiger partial charge in [-0.15, -0.1) is 0 Å². The van der Waals surface area contributed by atoms with Crippen LogP contribution in [0.2, 0.25) is 0 Å². The van der Waals surface area contributed by atoms with Gasteiger partial charge in [0.05, 0.1) is 11.1 Å². The fourth-order valence-electron chi connectivity index (χ4n) is 1.69. The highest BCUT2D eigenvalue weighted by Gasteiger charge is 2.30. The number of hydrogen-bond donors (Lipinski definition) is 2. The first kappa shape index (κ1) is 14.7. The molecular formula is C14H11F3N2O2. The van der Waals surface area contributed by atoms with Crippen molar-refractivity contribution >= 4 is 11.6 Å². The lowest BCUT2D eigenvalue weighted by Crippen LogP contribution is -2.12. The average Bonchev–Trinajstić information content (AvgIpc) is 2.40. The summed E-state index contributed by atoms with van der Waals surface area (Å²) < 4.78 is 43.2. The SMILES string of the molecule is NC(=O)c1cc(N)ccc1Oc1cccc(C(F)(F)F)c1. The fraction of sp³-hybridized carbons (Fsp3) is 0.0714. The topological polar surface area (TPSA) is 78.3 Å². The van der Waals surface area contributed by atoms with Crippen LogP contribution in [0.5, 0.6) is 11.5 Å². The summed E-state index contributed by atoms with van der Waals surface area (Å²) in [6.45, 7) is 0. The summed E-state index contributed by atoms with van der Waals surface area (Å²) in [5, 5.41) is 0. The molecule has 0 bridgehead atoms. The van der Waals surface area contributed by atoms with Crippen LogP contribution in [-0.4, -0.2) is 5.91 Å². The minimum absolute atomic E-state index is 0.00703. The van der Waals surface area contributed by atoms with Crippen molar-refractivity contribution in [3.05, 3.63) is 53.6 Å². The summed E-state index contributed by atoms with van der Waals surface area (Å²) in [5.41, 5.74) is 10.1. The number of rotatable bonds is 3. The third-order valence-corrected chi connectivity index (χ3v) is 2.66. The van der Waals surface area contributed by atoms with Crippen LogP contribution in [0.4, 0.5) is 18.9 Å². The molecule has 2 aromatic carbocycles. The lowest BCUT2D eigenvalue weighted by Gasteiger charge is -2.12. The zero-order valence-corrected chi connectivity index (χ0v) is 10.6. The molecule has 2 aromatic rings. The van der Waals surface area contributed by atoms with E-state index in [9.17, 15) is 18.0 Å². The van der Waals surface area contributed by atoms with E-state index in [-0.39, 0.29) is 17.1 Å². The first-order valence-corrected chi connectivity index (χ1v) is 5.82. The fourth-order valence-corrected chi connectivity index (χ4v) is 1.69. The molecule has 0 fully saturated rings. The summed E-state index contributed by atoms with van der Waals surface area (Å²) in [7, 11) is 0. The molecule has 0 saturated carbocycles. The molecule has 0 unspecified atom stereocenters. The van der Waals surface area contributed by atoms with Crippen molar-refractivity contribution in [1.82, 2.24) is 0 Å². The van der Waals surface area contributed by atoms with Gasteiger partial charge in [0.25, 0.3) is 5.91 Å². The zero-order chi connectivity index (χ0) is 15.6. The summed E-state index contributed by atoms with van der Waals surface area (Å²) in [6.07, 6.45) is -4.48. The Morgan fingerprint density at radius 3 is 2.43 bits per heavy atom. The minimum Gasteiger partial charge on any atom is -0.457 e. The number of nitrogens with two attached hydrogens (primary N) is 2. The summed E-state index contributed by atoms with van der Waals surface area (Å²) in [5.74, 6) is -0.808. The molecule has 0 aliphatic heterocycles. The first-order chi connectivity index (χ1) is 9.77. The number of alkyl halides is 3. The van der Waals surface area contributed by atoms with Gasteiger partial charge in [-0.3, -0.25) is 4.79 Å². The lowest BCUT2D eigenvalue weighted by molar-refractivity contribution is -0.137. The molecule has 0 aliphatic carbocycles. The monoisotopic (exact) mass is 296 g/mol. The van der Waals surface area contributed by atoms with E-state index in [0.29, 0.717) is 5.69 Å². The van der Waals surface area contributed by atoms with E-state index < -0.39 is 17.6 Å². The van der Waals surface area contributed by atoms with E-state index in [1.165, 1.54) is 30.3 Å². The number of nitrogen functional groups attached to an aromatic ring is 1. The highest BCUT2D eigenvalue weighted by atomic mass is 19.4. The Morgan fingerprint density at radius 1 is 1.10 bits per heavy atom. The number of carbonyl (C=O) groups is 1. The van der Waals surface area contributed by atoms with Gasteiger partial charge in [0, 0.05) is 5.69 Å². The molecule has 4 N–H and O–H groups in total. The van der Waals surface area contributed by atoms with E-state index in [1.807, 2.05) is 0 Å². The van der Waals surface area contributed by atoms with Crippen molar-refractivity contribution in [2.75, 3.05) is 5.73 Å². The molecule has 0 aromatic heterocycles. The Hall–Kier alpha value is -2.70. The van der Waals surface area contributed by atoms with Gasteiger partial charge in [-0.2, -0.15) is 13.2 Å². The molecule has 0 atom stereocenters. The number of carbonyl (C=O) groups excluding carboxylic acids is 1. The van der Waals surface area contributed by atoms with Gasteiger partial charge < -0.3 is 16.2 Å². The van der Waals surface area contributed by atoms with Crippen LogP contribution in [0, 0.1) is 0 Å². The average molecular weight is 296 g/mol.